The molecule has 1 aromatic carbocycles. The van der Waals surface area contributed by atoms with E-state index in [1.165, 1.54) is 19.2 Å². The van der Waals surface area contributed by atoms with Gasteiger partial charge in [-0.3, -0.25) is 5.84 Å². The molecule has 5 nitrogen and oxygen atoms in total. The molecule has 0 saturated heterocycles. The molecule has 0 spiro atoms. The van der Waals surface area contributed by atoms with Crippen molar-refractivity contribution in [2.75, 3.05) is 12.5 Å². The minimum absolute atomic E-state index is 0.301. The number of nitriles is 1. The van der Waals surface area contributed by atoms with Gasteiger partial charge in [-0.15, -0.1) is 0 Å². The van der Waals surface area contributed by atoms with E-state index in [2.05, 4.69) is 10.2 Å². The summed E-state index contributed by atoms with van der Waals surface area (Å²) in [4.78, 5) is 11.1. The minimum atomic E-state index is -0.481. The van der Waals surface area contributed by atoms with Gasteiger partial charge in [-0.1, -0.05) is 0 Å². The third kappa shape index (κ3) is 1.81. The van der Waals surface area contributed by atoms with Crippen molar-refractivity contribution in [3.05, 3.63) is 29.3 Å². The first kappa shape index (κ1) is 10.0. The van der Waals surface area contributed by atoms with Crippen LogP contribution in [-0.2, 0) is 4.74 Å². The molecule has 14 heavy (non-hydrogen) atoms. The van der Waals surface area contributed by atoms with E-state index in [1.54, 1.807) is 6.07 Å². The lowest BCUT2D eigenvalue weighted by Crippen LogP contribution is -2.09. The van der Waals surface area contributed by atoms with Gasteiger partial charge in [0.2, 0.25) is 0 Å². The normalized spacial score (nSPS) is 8.93. The van der Waals surface area contributed by atoms with Gasteiger partial charge in [-0.2, -0.15) is 5.26 Å². The quantitative estimate of drug-likeness (QED) is 0.406. The predicted octanol–water partition coefficient (Wildman–Crippen LogP) is 0.630. The van der Waals surface area contributed by atoms with Gasteiger partial charge in [0.25, 0.3) is 0 Å². The molecule has 0 bridgehead atoms. The maximum atomic E-state index is 11.1. The molecule has 0 heterocycles. The zero-order valence-electron chi connectivity index (χ0n) is 7.57. The van der Waals surface area contributed by atoms with Crippen molar-refractivity contribution in [2.45, 2.75) is 0 Å². The van der Waals surface area contributed by atoms with Crippen LogP contribution in [0.5, 0.6) is 0 Å². The van der Waals surface area contributed by atoms with Crippen LogP contribution in [0.15, 0.2) is 18.2 Å². The molecule has 5 heteroatoms. The van der Waals surface area contributed by atoms with Crippen LogP contribution < -0.4 is 11.3 Å². The molecule has 0 aliphatic carbocycles. The number of carbonyl (C=O) groups excluding carboxylic acids is 1. The lowest BCUT2D eigenvalue weighted by Gasteiger charge is -2.04. The number of carbonyl (C=O) groups is 1. The Morgan fingerprint density at radius 2 is 2.36 bits per heavy atom. The van der Waals surface area contributed by atoms with Crippen LogP contribution in [0.3, 0.4) is 0 Å². The van der Waals surface area contributed by atoms with E-state index in [1.807, 2.05) is 6.07 Å². The number of nitrogens with two attached hydrogens (primary N) is 1. The zero-order valence-corrected chi connectivity index (χ0v) is 7.57. The Bertz CT molecular complexity index is 396. The van der Waals surface area contributed by atoms with Gasteiger partial charge in [0.05, 0.1) is 23.9 Å². The van der Waals surface area contributed by atoms with Gasteiger partial charge in [0.15, 0.2) is 0 Å². The first-order valence-electron chi connectivity index (χ1n) is 3.82. The van der Waals surface area contributed by atoms with Gasteiger partial charge >= 0.3 is 5.97 Å². The Morgan fingerprint density at radius 1 is 1.64 bits per heavy atom. The van der Waals surface area contributed by atoms with E-state index in [0.29, 0.717) is 16.8 Å². The summed E-state index contributed by atoms with van der Waals surface area (Å²) >= 11 is 0. The fourth-order valence-electron chi connectivity index (χ4n) is 1.01. The number of nitrogens with zero attached hydrogens (tertiary/aromatic N) is 1. The number of methoxy groups -OCH3 is 1. The Morgan fingerprint density at radius 3 is 2.86 bits per heavy atom. The molecule has 0 radical (unpaired) electrons. The number of rotatable bonds is 2. The average molecular weight is 191 g/mol. The number of benzene rings is 1. The highest BCUT2D eigenvalue weighted by atomic mass is 16.5. The van der Waals surface area contributed by atoms with Gasteiger partial charge in [0.1, 0.15) is 6.07 Å². The highest BCUT2D eigenvalue weighted by molar-refractivity contribution is 5.90. The molecule has 0 aliphatic rings. The monoisotopic (exact) mass is 191 g/mol. The van der Waals surface area contributed by atoms with Crippen LogP contribution in [0.2, 0.25) is 0 Å². The second kappa shape index (κ2) is 4.25. The molecule has 0 amide bonds. The number of anilines is 1. The van der Waals surface area contributed by atoms with Crippen LogP contribution in [0, 0.1) is 11.3 Å². The summed E-state index contributed by atoms with van der Waals surface area (Å²) < 4.78 is 4.51. The van der Waals surface area contributed by atoms with Crippen molar-refractivity contribution in [3.63, 3.8) is 0 Å². The van der Waals surface area contributed by atoms with Gasteiger partial charge in [-0.25, -0.2) is 4.79 Å². The molecule has 0 fully saturated rings. The number of hydrogen-bond acceptors (Lipinski definition) is 5. The summed E-state index contributed by atoms with van der Waals surface area (Å²) in [7, 11) is 1.28. The zero-order chi connectivity index (χ0) is 10.6. The fourth-order valence-corrected chi connectivity index (χ4v) is 1.01. The van der Waals surface area contributed by atoms with Crippen LogP contribution in [0.4, 0.5) is 5.69 Å². The van der Waals surface area contributed by atoms with E-state index in [4.69, 9.17) is 11.1 Å². The van der Waals surface area contributed by atoms with E-state index >= 15 is 0 Å². The Kier molecular flexibility index (Phi) is 3.05. The third-order valence-corrected chi connectivity index (χ3v) is 1.72. The molecular weight excluding hydrogens is 182 g/mol. The van der Waals surface area contributed by atoms with E-state index < -0.39 is 5.97 Å². The van der Waals surface area contributed by atoms with Crippen LogP contribution in [0.25, 0.3) is 0 Å². The summed E-state index contributed by atoms with van der Waals surface area (Å²) in [5, 5.41) is 8.73. The summed E-state index contributed by atoms with van der Waals surface area (Å²) in [6.45, 7) is 0. The van der Waals surface area contributed by atoms with Crippen molar-refractivity contribution < 1.29 is 9.53 Å². The largest absolute Gasteiger partial charge is 0.465 e. The molecule has 0 unspecified atom stereocenters. The van der Waals surface area contributed by atoms with Crippen LogP contribution in [0.1, 0.15) is 15.9 Å². The number of nitrogens with one attached hydrogen (secondary N) is 1. The summed E-state index contributed by atoms with van der Waals surface area (Å²) in [6.07, 6.45) is 0. The Hall–Kier alpha value is -2.06. The third-order valence-electron chi connectivity index (χ3n) is 1.72. The van der Waals surface area contributed by atoms with Gasteiger partial charge in [-0.05, 0) is 18.2 Å². The molecule has 1 aromatic rings. The lowest BCUT2D eigenvalue weighted by molar-refractivity contribution is 0.0600. The van der Waals surface area contributed by atoms with Crippen molar-refractivity contribution >= 4 is 11.7 Å². The maximum absolute atomic E-state index is 11.1. The highest BCUT2D eigenvalue weighted by Gasteiger charge is 2.08. The minimum Gasteiger partial charge on any atom is -0.465 e. The van der Waals surface area contributed by atoms with Crippen LogP contribution in [-0.4, -0.2) is 13.1 Å². The van der Waals surface area contributed by atoms with Crippen molar-refractivity contribution in [1.29, 1.82) is 5.26 Å². The second-order valence-corrected chi connectivity index (χ2v) is 2.51. The average Bonchev–Trinajstić information content (AvgIpc) is 2.26. The first-order chi connectivity index (χ1) is 6.72. The summed E-state index contributed by atoms with van der Waals surface area (Å²) in [5.41, 5.74) is 3.45. The van der Waals surface area contributed by atoms with Crippen molar-refractivity contribution in [3.8, 4) is 6.07 Å². The van der Waals surface area contributed by atoms with Crippen molar-refractivity contribution in [2.24, 2.45) is 5.84 Å². The number of hydrogen-bond donors (Lipinski definition) is 2. The number of ether oxygens (including phenoxy) is 1. The topological polar surface area (TPSA) is 88.1 Å². The van der Waals surface area contributed by atoms with E-state index in [0.717, 1.165) is 0 Å². The molecular formula is C9H9N3O2. The maximum Gasteiger partial charge on any atom is 0.337 e. The predicted molar refractivity (Wildman–Crippen MR) is 50.3 cm³/mol. The standard InChI is InChI=1S/C9H9N3O2/c1-14-9(13)6-2-3-8(12-11)7(4-6)5-10/h2-4,12H,11H2,1H3. The molecule has 0 atom stereocenters. The number of esters is 1. The molecule has 72 valence electrons. The van der Waals surface area contributed by atoms with E-state index in [-0.39, 0.29) is 0 Å². The smallest absolute Gasteiger partial charge is 0.337 e. The SMILES string of the molecule is COC(=O)c1ccc(NN)c(C#N)c1. The molecule has 0 aromatic heterocycles. The Labute approximate surface area is 81.1 Å². The summed E-state index contributed by atoms with van der Waals surface area (Å²) in [6, 6.07) is 6.41. The molecule has 0 saturated carbocycles. The Balaban J connectivity index is 3.15. The van der Waals surface area contributed by atoms with Crippen LogP contribution >= 0.6 is 0 Å². The van der Waals surface area contributed by atoms with Crippen molar-refractivity contribution in [1.82, 2.24) is 0 Å². The molecule has 0 aliphatic heterocycles. The lowest BCUT2D eigenvalue weighted by atomic mass is 10.1. The fraction of sp³-hybridized carbons (Fsp3) is 0.111. The summed E-state index contributed by atoms with van der Waals surface area (Å²) in [5.74, 6) is 4.69. The molecule has 1 rings (SSSR count). The number of hydrazine groups is 1. The molecule has 3 N–H and O–H groups in total. The van der Waals surface area contributed by atoms with Gasteiger partial charge < -0.3 is 10.2 Å². The van der Waals surface area contributed by atoms with Gasteiger partial charge in [0, 0.05) is 0 Å². The second-order valence-electron chi connectivity index (χ2n) is 2.51. The van der Waals surface area contributed by atoms with E-state index in [9.17, 15) is 4.79 Å². The first-order valence-corrected chi connectivity index (χ1v) is 3.82. The number of nitrogen functional groups attached to an aromatic ring is 1. The highest BCUT2D eigenvalue weighted by Crippen LogP contribution is 2.15.